The summed E-state index contributed by atoms with van der Waals surface area (Å²) in [6.07, 6.45) is 7.03. The summed E-state index contributed by atoms with van der Waals surface area (Å²) in [4.78, 5) is 8.18. The molecular formula is C16H19N3O3S. The number of anilines is 1. The molecular weight excluding hydrogens is 314 g/mol. The van der Waals surface area contributed by atoms with E-state index in [-0.39, 0.29) is 10.9 Å². The summed E-state index contributed by atoms with van der Waals surface area (Å²) in [6.45, 7) is 2.29. The Labute approximate surface area is 136 Å². The normalized spacial score (nSPS) is 14.1. The molecule has 1 aromatic carbocycles. The summed E-state index contributed by atoms with van der Waals surface area (Å²) in [5.41, 5.74) is 2.69. The number of fused-ring (bicyclic) bond motifs is 1. The molecule has 23 heavy (non-hydrogen) atoms. The second-order valence-electron chi connectivity index (χ2n) is 5.43. The summed E-state index contributed by atoms with van der Waals surface area (Å²) in [6, 6.07) is 5.57. The van der Waals surface area contributed by atoms with E-state index in [4.69, 9.17) is 4.74 Å². The predicted molar refractivity (Wildman–Crippen MR) is 87.1 cm³/mol. The molecule has 1 aliphatic carbocycles. The van der Waals surface area contributed by atoms with Gasteiger partial charge in [0, 0.05) is 0 Å². The topological polar surface area (TPSA) is 81.2 Å². The second kappa shape index (κ2) is 6.54. The molecule has 0 amide bonds. The van der Waals surface area contributed by atoms with Crippen LogP contribution in [0, 0.1) is 0 Å². The molecule has 0 bridgehead atoms. The van der Waals surface area contributed by atoms with E-state index >= 15 is 0 Å². The predicted octanol–water partition coefficient (Wildman–Crippen LogP) is 2.55. The van der Waals surface area contributed by atoms with Crippen molar-refractivity contribution < 1.29 is 13.2 Å². The van der Waals surface area contributed by atoms with Gasteiger partial charge in [0.2, 0.25) is 0 Å². The Bertz CT molecular complexity index is 789. The third kappa shape index (κ3) is 3.61. The van der Waals surface area contributed by atoms with Crippen molar-refractivity contribution in [1.29, 1.82) is 0 Å². The number of aryl methyl sites for hydroxylation is 2. The Balaban J connectivity index is 1.81. The number of ether oxygens (including phenoxy) is 1. The number of nitrogens with one attached hydrogen (secondary N) is 1. The van der Waals surface area contributed by atoms with Gasteiger partial charge in [-0.3, -0.25) is 4.72 Å². The molecule has 0 spiro atoms. The van der Waals surface area contributed by atoms with Crippen LogP contribution in [0.25, 0.3) is 0 Å². The summed E-state index contributed by atoms with van der Waals surface area (Å²) >= 11 is 0. The maximum Gasteiger partial charge on any atom is 0.316 e. The van der Waals surface area contributed by atoms with Crippen molar-refractivity contribution in [2.45, 2.75) is 37.5 Å². The van der Waals surface area contributed by atoms with Gasteiger partial charge in [-0.05, 0) is 55.9 Å². The zero-order valence-electron chi connectivity index (χ0n) is 12.9. The van der Waals surface area contributed by atoms with Crippen LogP contribution < -0.4 is 9.46 Å². The van der Waals surface area contributed by atoms with Crippen LogP contribution in [0.15, 0.2) is 35.5 Å². The molecule has 1 heterocycles. The van der Waals surface area contributed by atoms with Crippen LogP contribution in [0.1, 0.15) is 30.9 Å². The molecule has 0 atom stereocenters. The van der Waals surface area contributed by atoms with Crippen molar-refractivity contribution in [3.8, 4) is 6.01 Å². The van der Waals surface area contributed by atoms with Gasteiger partial charge in [0.05, 0.1) is 29.6 Å². The van der Waals surface area contributed by atoms with Crippen molar-refractivity contribution in [2.75, 3.05) is 11.3 Å². The van der Waals surface area contributed by atoms with Gasteiger partial charge in [-0.1, -0.05) is 6.07 Å². The van der Waals surface area contributed by atoms with Crippen molar-refractivity contribution in [2.24, 2.45) is 0 Å². The first kappa shape index (κ1) is 15.7. The molecule has 0 saturated carbocycles. The standard InChI is InChI=1S/C16H19N3O3S/c1-2-22-16-17-10-14(11-18-16)19-23(20,21)15-8-7-12-5-3-4-6-13(12)9-15/h7-11,19H,2-6H2,1H3. The van der Waals surface area contributed by atoms with Gasteiger partial charge >= 0.3 is 6.01 Å². The molecule has 1 aliphatic rings. The molecule has 1 N–H and O–H groups in total. The lowest BCUT2D eigenvalue weighted by Gasteiger charge is -2.17. The molecule has 0 aliphatic heterocycles. The highest BCUT2D eigenvalue weighted by Crippen LogP contribution is 2.25. The number of nitrogens with zero attached hydrogens (tertiary/aromatic N) is 2. The zero-order valence-corrected chi connectivity index (χ0v) is 13.8. The first-order valence-corrected chi connectivity index (χ1v) is 9.16. The van der Waals surface area contributed by atoms with Gasteiger partial charge in [-0.2, -0.15) is 0 Å². The van der Waals surface area contributed by atoms with Gasteiger partial charge in [-0.15, -0.1) is 0 Å². The first-order chi connectivity index (χ1) is 11.1. The lowest BCUT2D eigenvalue weighted by atomic mass is 9.92. The average Bonchev–Trinajstić information content (AvgIpc) is 2.56. The van der Waals surface area contributed by atoms with Gasteiger partial charge in [0.25, 0.3) is 10.0 Å². The molecule has 7 heteroatoms. The van der Waals surface area contributed by atoms with E-state index in [0.717, 1.165) is 24.8 Å². The van der Waals surface area contributed by atoms with E-state index in [1.165, 1.54) is 24.4 Å². The second-order valence-corrected chi connectivity index (χ2v) is 7.11. The van der Waals surface area contributed by atoms with Gasteiger partial charge in [-0.25, -0.2) is 18.4 Å². The quantitative estimate of drug-likeness (QED) is 0.909. The molecule has 0 unspecified atom stereocenters. The van der Waals surface area contributed by atoms with Crippen LogP contribution in [-0.4, -0.2) is 25.0 Å². The summed E-state index contributed by atoms with van der Waals surface area (Å²) in [5, 5.41) is 0. The number of benzene rings is 1. The Morgan fingerprint density at radius 1 is 1.13 bits per heavy atom. The van der Waals surface area contributed by atoms with Crippen molar-refractivity contribution >= 4 is 15.7 Å². The molecule has 122 valence electrons. The van der Waals surface area contributed by atoms with Crippen LogP contribution in [0.5, 0.6) is 6.01 Å². The highest BCUT2D eigenvalue weighted by molar-refractivity contribution is 7.92. The van der Waals surface area contributed by atoms with Crippen LogP contribution in [0.3, 0.4) is 0 Å². The van der Waals surface area contributed by atoms with Gasteiger partial charge < -0.3 is 4.74 Å². The van der Waals surface area contributed by atoms with Crippen molar-refractivity contribution in [1.82, 2.24) is 9.97 Å². The molecule has 2 aromatic rings. The summed E-state index contributed by atoms with van der Waals surface area (Å²) in [7, 11) is -3.64. The monoisotopic (exact) mass is 333 g/mol. The van der Waals surface area contributed by atoms with E-state index in [1.54, 1.807) is 12.1 Å². The maximum absolute atomic E-state index is 12.5. The number of sulfonamides is 1. The minimum atomic E-state index is -3.64. The van der Waals surface area contributed by atoms with E-state index in [9.17, 15) is 8.42 Å². The van der Waals surface area contributed by atoms with E-state index in [0.29, 0.717) is 12.3 Å². The fraction of sp³-hybridized carbons (Fsp3) is 0.375. The lowest BCUT2D eigenvalue weighted by molar-refractivity contribution is 0.312. The lowest BCUT2D eigenvalue weighted by Crippen LogP contribution is -2.15. The molecule has 1 aromatic heterocycles. The third-order valence-electron chi connectivity index (χ3n) is 3.78. The maximum atomic E-state index is 12.5. The van der Waals surface area contributed by atoms with Gasteiger partial charge in [0.15, 0.2) is 0 Å². The van der Waals surface area contributed by atoms with Crippen LogP contribution in [0.2, 0.25) is 0 Å². The molecule has 0 saturated heterocycles. The van der Waals surface area contributed by atoms with Crippen molar-refractivity contribution in [3.05, 3.63) is 41.7 Å². The molecule has 6 nitrogen and oxygen atoms in total. The van der Waals surface area contributed by atoms with Crippen LogP contribution in [0.4, 0.5) is 5.69 Å². The minimum Gasteiger partial charge on any atom is -0.464 e. The fourth-order valence-electron chi connectivity index (χ4n) is 2.66. The zero-order chi connectivity index (χ0) is 16.3. The molecule has 3 rings (SSSR count). The van der Waals surface area contributed by atoms with E-state index in [2.05, 4.69) is 14.7 Å². The fourth-order valence-corrected chi connectivity index (χ4v) is 3.74. The Hall–Kier alpha value is -2.15. The highest BCUT2D eigenvalue weighted by Gasteiger charge is 2.18. The average molecular weight is 333 g/mol. The number of rotatable bonds is 5. The minimum absolute atomic E-state index is 0.226. The third-order valence-corrected chi connectivity index (χ3v) is 5.16. The number of hydrogen-bond donors (Lipinski definition) is 1. The Kier molecular flexibility index (Phi) is 4.47. The van der Waals surface area contributed by atoms with Gasteiger partial charge in [0.1, 0.15) is 0 Å². The highest BCUT2D eigenvalue weighted by atomic mass is 32.2. The first-order valence-electron chi connectivity index (χ1n) is 7.68. The van der Waals surface area contributed by atoms with Crippen LogP contribution >= 0.6 is 0 Å². The van der Waals surface area contributed by atoms with E-state index in [1.807, 2.05) is 13.0 Å². The van der Waals surface area contributed by atoms with E-state index < -0.39 is 10.0 Å². The Morgan fingerprint density at radius 2 is 1.83 bits per heavy atom. The SMILES string of the molecule is CCOc1ncc(NS(=O)(=O)c2ccc3c(c2)CCCC3)cn1. The van der Waals surface area contributed by atoms with Crippen molar-refractivity contribution in [3.63, 3.8) is 0 Å². The summed E-state index contributed by atoms with van der Waals surface area (Å²) < 4.78 is 32.6. The largest absolute Gasteiger partial charge is 0.464 e. The molecule has 0 fully saturated rings. The summed E-state index contributed by atoms with van der Waals surface area (Å²) in [5.74, 6) is 0. The number of aromatic nitrogens is 2. The number of hydrogen-bond acceptors (Lipinski definition) is 5. The Morgan fingerprint density at radius 3 is 2.52 bits per heavy atom. The molecule has 0 radical (unpaired) electrons. The van der Waals surface area contributed by atoms with Crippen LogP contribution in [-0.2, 0) is 22.9 Å². The smallest absolute Gasteiger partial charge is 0.316 e.